The molecule has 8 heteroatoms. The number of amides is 1. The van der Waals surface area contributed by atoms with Gasteiger partial charge in [-0.25, -0.2) is 10.3 Å². The zero-order valence-electron chi connectivity index (χ0n) is 22.8. The minimum absolute atomic E-state index is 0.0978. The number of imidazole rings is 1. The zero-order valence-corrected chi connectivity index (χ0v) is 25.1. The van der Waals surface area contributed by atoms with Crippen molar-refractivity contribution in [1.82, 2.24) is 14.7 Å². The maximum atomic E-state index is 12.7. The van der Waals surface area contributed by atoms with E-state index in [4.69, 9.17) is 26.1 Å². The van der Waals surface area contributed by atoms with Crippen molar-refractivity contribution in [2.24, 2.45) is 5.92 Å². The summed E-state index contributed by atoms with van der Waals surface area (Å²) in [6.07, 6.45) is 4.60. The number of methoxy groups -OCH3 is 1. The van der Waals surface area contributed by atoms with E-state index in [1.807, 2.05) is 74.6 Å². The number of fused-ring (bicyclic) bond motifs is 1. The van der Waals surface area contributed by atoms with Crippen LogP contribution in [0.2, 0.25) is 5.02 Å². The van der Waals surface area contributed by atoms with Gasteiger partial charge in [0.2, 0.25) is 5.91 Å². The Morgan fingerprint density at radius 3 is 2.67 bits per heavy atom. The summed E-state index contributed by atoms with van der Waals surface area (Å²) in [6.45, 7) is 6.35. The fourth-order valence-electron chi connectivity index (χ4n) is 4.60. The van der Waals surface area contributed by atoms with Crippen LogP contribution in [0.4, 0.5) is 0 Å². The molecule has 0 saturated carbocycles. The Kier molecular flexibility index (Phi) is 9.92. The molecular weight excluding hydrogens is 578 g/mol. The highest BCUT2D eigenvalue weighted by molar-refractivity contribution is 9.10. The molecule has 1 atom stereocenters. The second-order valence-electron chi connectivity index (χ2n) is 10.0. The average molecular weight is 612 g/mol. The number of hydrogen-bond acceptors (Lipinski definition) is 4. The first-order valence-electron chi connectivity index (χ1n) is 13.2. The van der Waals surface area contributed by atoms with Crippen LogP contribution in [-0.2, 0) is 24.2 Å². The van der Waals surface area contributed by atoms with Gasteiger partial charge in [0.1, 0.15) is 17.1 Å². The summed E-state index contributed by atoms with van der Waals surface area (Å²) in [5.41, 5.74) is 4.70. The molecule has 39 heavy (non-hydrogen) atoms. The van der Waals surface area contributed by atoms with Crippen LogP contribution in [0.3, 0.4) is 0 Å². The standard InChI is InChI=1S/C31H34BrClN3O3/c1-20(2)39-25-11-9-22(26(33)18-25)15-21(3)8-13-31(37)34-19-27-28(36-14-6-5-7-30(36)35-27)17-23-16-24(32)10-12-29(23)38-4/h5-7,9-12,14,16,18,20-21H,8,13,15,17,19H2,1-4H3. The molecule has 0 aliphatic heterocycles. The van der Waals surface area contributed by atoms with Crippen LogP contribution < -0.4 is 14.8 Å². The summed E-state index contributed by atoms with van der Waals surface area (Å²) in [6, 6.07) is 17.7. The van der Waals surface area contributed by atoms with Crippen LogP contribution in [0.15, 0.2) is 65.3 Å². The first-order valence-corrected chi connectivity index (χ1v) is 14.3. The Hall–Kier alpha value is -3.03. The number of carbonyl (C=O) groups is 1. The summed E-state index contributed by atoms with van der Waals surface area (Å²) < 4.78 is 14.3. The Morgan fingerprint density at radius 2 is 1.92 bits per heavy atom. The summed E-state index contributed by atoms with van der Waals surface area (Å²) in [5, 5.41) is 5.08. The lowest BCUT2D eigenvalue weighted by molar-refractivity contribution is -0.121. The Bertz CT molecular complexity index is 1440. The number of carbonyl (C=O) groups excluding carboxylic acids is 1. The number of halogens is 2. The molecule has 2 heterocycles. The molecule has 2 aromatic carbocycles. The fraction of sp³-hybridized carbons (Fsp3) is 0.355. The summed E-state index contributed by atoms with van der Waals surface area (Å²) in [5.74, 6) is 1.74. The molecule has 4 rings (SSSR count). The van der Waals surface area contributed by atoms with Crippen molar-refractivity contribution in [2.75, 3.05) is 7.11 Å². The molecule has 1 radical (unpaired) electrons. The van der Waals surface area contributed by atoms with Crippen LogP contribution in [0.1, 0.15) is 56.1 Å². The first-order chi connectivity index (χ1) is 18.7. The van der Waals surface area contributed by atoms with Gasteiger partial charge in [-0.3, -0.25) is 4.79 Å². The van der Waals surface area contributed by atoms with E-state index in [-0.39, 0.29) is 24.5 Å². The maximum Gasteiger partial charge on any atom is 0.241 e. The lowest BCUT2D eigenvalue weighted by Gasteiger charge is -2.14. The molecule has 1 unspecified atom stereocenters. The molecule has 0 spiro atoms. The molecule has 2 aromatic heterocycles. The molecule has 4 aromatic rings. The van der Waals surface area contributed by atoms with Gasteiger partial charge in [-0.15, -0.1) is 0 Å². The Balaban J connectivity index is 1.37. The molecule has 6 nitrogen and oxygen atoms in total. The second kappa shape index (κ2) is 13.4. The van der Waals surface area contributed by atoms with Crippen molar-refractivity contribution in [3.8, 4) is 11.5 Å². The molecule has 1 amide bonds. The van der Waals surface area contributed by atoms with E-state index < -0.39 is 0 Å². The molecule has 0 fully saturated rings. The third kappa shape index (κ3) is 7.76. The minimum atomic E-state index is -0.114. The quantitative estimate of drug-likeness (QED) is 0.167. The van der Waals surface area contributed by atoms with Crippen molar-refractivity contribution in [2.45, 2.75) is 59.1 Å². The molecule has 0 saturated heterocycles. The predicted octanol–water partition coefficient (Wildman–Crippen LogP) is 7.43. The van der Waals surface area contributed by atoms with Gasteiger partial charge in [-0.2, -0.15) is 0 Å². The lowest BCUT2D eigenvalue weighted by Crippen LogP contribution is -2.17. The summed E-state index contributed by atoms with van der Waals surface area (Å²) in [7, 11) is 1.67. The second-order valence-corrected chi connectivity index (χ2v) is 11.4. The number of rotatable bonds is 12. The van der Waals surface area contributed by atoms with Gasteiger partial charge >= 0.3 is 0 Å². The van der Waals surface area contributed by atoms with Gasteiger partial charge in [-0.05, 0) is 80.6 Å². The van der Waals surface area contributed by atoms with E-state index in [9.17, 15) is 4.79 Å². The number of hydrogen-bond donors (Lipinski definition) is 0. The molecule has 205 valence electrons. The number of pyridine rings is 1. The Morgan fingerprint density at radius 1 is 1.10 bits per heavy atom. The predicted molar refractivity (Wildman–Crippen MR) is 159 cm³/mol. The Labute approximate surface area is 243 Å². The van der Waals surface area contributed by atoms with Gasteiger partial charge in [0.25, 0.3) is 0 Å². The van der Waals surface area contributed by atoms with E-state index in [1.165, 1.54) is 0 Å². The topological polar surface area (TPSA) is 66.9 Å². The highest BCUT2D eigenvalue weighted by Gasteiger charge is 2.17. The van der Waals surface area contributed by atoms with Gasteiger partial charge < -0.3 is 13.9 Å². The summed E-state index contributed by atoms with van der Waals surface area (Å²) in [4.78, 5) is 17.5. The molecule has 0 aliphatic rings. The van der Waals surface area contributed by atoms with E-state index in [1.54, 1.807) is 7.11 Å². The fourth-order valence-corrected chi connectivity index (χ4v) is 5.26. The van der Waals surface area contributed by atoms with Crippen molar-refractivity contribution in [1.29, 1.82) is 0 Å². The highest BCUT2D eigenvalue weighted by Crippen LogP contribution is 2.28. The monoisotopic (exact) mass is 610 g/mol. The van der Waals surface area contributed by atoms with E-state index >= 15 is 0 Å². The number of benzene rings is 2. The van der Waals surface area contributed by atoms with Gasteiger partial charge in [0, 0.05) is 34.1 Å². The lowest BCUT2D eigenvalue weighted by atomic mass is 9.96. The molecule has 0 bridgehead atoms. The SMILES string of the molecule is COc1ccc(Br)cc1Cc1c(C[N]C(=O)CCC(C)Cc2ccc(OC(C)C)cc2Cl)nc2ccccn12. The summed E-state index contributed by atoms with van der Waals surface area (Å²) >= 11 is 10.0. The van der Waals surface area contributed by atoms with Gasteiger partial charge in [0.15, 0.2) is 0 Å². The smallest absolute Gasteiger partial charge is 0.241 e. The number of ether oxygens (including phenoxy) is 2. The van der Waals surface area contributed by atoms with Crippen LogP contribution >= 0.6 is 27.5 Å². The van der Waals surface area contributed by atoms with Crippen molar-refractivity contribution in [3.05, 3.63) is 92.8 Å². The van der Waals surface area contributed by atoms with Crippen LogP contribution in [-0.4, -0.2) is 28.5 Å². The van der Waals surface area contributed by atoms with E-state index in [2.05, 4.69) is 32.6 Å². The van der Waals surface area contributed by atoms with Crippen LogP contribution in [0, 0.1) is 5.92 Å². The molecule has 0 aliphatic carbocycles. The van der Waals surface area contributed by atoms with Crippen molar-refractivity contribution in [3.63, 3.8) is 0 Å². The third-order valence-electron chi connectivity index (χ3n) is 6.53. The average Bonchev–Trinajstić information content (AvgIpc) is 3.25. The normalized spacial score (nSPS) is 12.1. The first kappa shape index (κ1) is 29.0. The zero-order chi connectivity index (χ0) is 27.9. The third-order valence-corrected chi connectivity index (χ3v) is 7.38. The molecule has 0 N–H and O–H groups in total. The maximum absolute atomic E-state index is 12.7. The largest absolute Gasteiger partial charge is 0.496 e. The number of aromatic nitrogens is 2. The number of nitrogens with zero attached hydrogens (tertiary/aromatic N) is 3. The van der Waals surface area contributed by atoms with Gasteiger partial charge in [-0.1, -0.05) is 46.6 Å². The van der Waals surface area contributed by atoms with Crippen molar-refractivity contribution >= 4 is 39.1 Å². The minimum Gasteiger partial charge on any atom is -0.496 e. The van der Waals surface area contributed by atoms with Crippen LogP contribution in [0.5, 0.6) is 11.5 Å². The van der Waals surface area contributed by atoms with E-state index in [0.29, 0.717) is 17.9 Å². The molecular formula is C31H34BrClN3O3. The van der Waals surface area contributed by atoms with Crippen molar-refractivity contribution < 1.29 is 14.3 Å². The van der Waals surface area contributed by atoms with E-state index in [0.717, 1.165) is 57.0 Å². The van der Waals surface area contributed by atoms with Gasteiger partial charge in [0.05, 0.1) is 31.1 Å². The highest BCUT2D eigenvalue weighted by atomic mass is 79.9. The van der Waals surface area contributed by atoms with Crippen LogP contribution in [0.25, 0.3) is 5.65 Å².